The second-order valence-corrected chi connectivity index (χ2v) is 12.4. The molecule has 5 rings (SSSR count). The summed E-state index contributed by atoms with van der Waals surface area (Å²) in [6, 6.07) is 15.7. The number of nitrogens with zero attached hydrogens (tertiary/aromatic N) is 1. The summed E-state index contributed by atoms with van der Waals surface area (Å²) in [5, 5.41) is 12.2. The van der Waals surface area contributed by atoms with E-state index in [0.29, 0.717) is 48.5 Å². The number of carboxylic acids is 1. The van der Waals surface area contributed by atoms with E-state index in [9.17, 15) is 32.7 Å². The first-order chi connectivity index (χ1) is 21.3. The number of hydrogen-bond acceptors (Lipinski definition) is 5. The van der Waals surface area contributed by atoms with Gasteiger partial charge in [0.2, 0.25) is 5.91 Å². The molecule has 1 fully saturated rings. The van der Waals surface area contributed by atoms with E-state index in [1.165, 1.54) is 48.5 Å². The molecule has 1 saturated carbocycles. The number of aromatic carboxylic acids is 1. The number of anilines is 1. The van der Waals surface area contributed by atoms with Gasteiger partial charge >= 0.3 is 12.3 Å². The van der Waals surface area contributed by atoms with E-state index in [-0.39, 0.29) is 23.1 Å². The Labute approximate surface area is 259 Å². The van der Waals surface area contributed by atoms with Crippen molar-refractivity contribution in [1.82, 2.24) is 4.90 Å². The molecule has 1 unspecified atom stereocenters. The van der Waals surface area contributed by atoms with Crippen molar-refractivity contribution in [2.24, 2.45) is 17.6 Å². The van der Waals surface area contributed by atoms with Crippen molar-refractivity contribution in [1.29, 1.82) is 0 Å². The van der Waals surface area contributed by atoms with Crippen molar-refractivity contribution >= 4 is 23.5 Å². The number of alkyl halides is 3. The van der Waals surface area contributed by atoms with Gasteiger partial charge in [-0.1, -0.05) is 30.3 Å². The van der Waals surface area contributed by atoms with Crippen molar-refractivity contribution in [3.63, 3.8) is 0 Å². The molecule has 238 valence electrons. The molecule has 0 aromatic heterocycles. The second-order valence-electron chi connectivity index (χ2n) is 12.4. The van der Waals surface area contributed by atoms with E-state index in [1.807, 2.05) is 19.9 Å². The molecule has 0 bridgehead atoms. The van der Waals surface area contributed by atoms with Crippen LogP contribution >= 0.6 is 0 Å². The van der Waals surface area contributed by atoms with Crippen LogP contribution in [0.3, 0.4) is 0 Å². The Morgan fingerprint density at radius 1 is 0.978 bits per heavy atom. The fraction of sp³-hybridized carbons (Fsp3) is 0.382. The first-order valence-corrected chi connectivity index (χ1v) is 14.9. The maximum atomic E-state index is 14.3. The Kier molecular flexibility index (Phi) is 8.93. The molecule has 1 atom stereocenters. The van der Waals surface area contributed by atoms with Gasteiger partial charge < -0.3 is 25.8 Å². The molecule has 3 aromatic rings. The number of benzene rings is 3. The van der Waals surface area contributed by atoms with Crippen LogP contribution in [0.5, 0.6) is 5.75 Å². The van der Waals surface area contributed by atoms with Crippen molar-refractivity contribution in [2.75, 3.05) is 11.9 Å². The highest BCUT2D eigenvalue weighted by molar-refractivity contribution is 6.00. The topological polar surface area (TPSA) is 122 Å². The minimum absolute atomic E-state index is 0.0679. The van der Waals surface area contributed by atoms with Crippen molar-refractivity contribution in [3.05, 3.63) is 83.4 Å². The summed E-state index contributed by atoms with van der Waals surface area (Å²) in [5.74, 6) is -1.90. The molecule has 0 radical (unpaired) electrons. The first-order valence-electron chi connectivity index (χ1n) is 14.9. The second kappa shape index (κ2) is 12.5. The first kappa shape index (κ1) is 32.0. The summed E-state index contributed by atoms with van der Waals surface area (Å²) in [4.78, 5) is 41.5. The largest absolute Gasteiger partial charge is 0.573 e. The molecule has 8 nitrogen and oxygen atoms in total. The lowest BCUT2D eigenvalue weighted by molar-refractivity contribution is -0.274. The van der Waals surface area contributed by atoms with Crippen LogP contribution < -0.4 is 15.8 Å². The van der Waals surface area contributed by atoms with Gasteiger partial charge in [0.25, 0.3) is 5.91 Å². The number of rotatable bonds is 7. The highest BCUT2D eigenvalue weighted by Crippen LogP contribution is 2.45. The molecule has 0 saturated heterocycles. The number of ether oxygens (including phenoxy) is 1. The molecular formula is C34H36F3N3O5. The molecule has 45 heavy (non-hydrogen) atoms. The van der Waals surface area contributed by atoms with Crippen LogP contribution in [0.1, 0.15) is 67.1 Å². The van der Waals surface area contributed by atoms with Gasteiger partial charge in [-0.25, -0.2) is 4.79 Å². The molecule has 4 N–H and O–H groups in total. The minimum Gasteiger partial charge on any atom is -0.478 e. The number of fused-ring (bicyclic) bond motifs is 1. The average Bonchev–Trinajstić information content (AvgIpc) is 2.99. The summed E-state index contributed by atoms with van der Waals surface area (Å²) in [6.07, 6.45) is -1.38. The van der Waals surface area contributed by atoms with Gasteiger partial charge in [0, 0.05) is 17.1 Å². The fourth-order valence-electron chi connectivity index (χ4n) is 6.60. The predicted molar refractivity (Wildman–Crippen MR) is 162 cm³/mol. The van der Waals surface area contributed by atoms with Crippen LogP contribution in [0.4, 0.5) is 18.9 Å². The van der Waals surface area contributed by atoms with E-state index in [4.69, 9.17) is 5.73 Å². The number of carbonyl (C=O) groups excluding carboxylic acids is 2. The number of halogens is 3. The quantitative estimate of drug-likeness (QED) is 0.274. The van der Waals surface area contributed by atoms with Gasteiger partial charge in [-0.3, -0.25) is 9.59 Å². The summed E-state index contributed by atoms with van der Waals surface area (Å²) >= 11 is 0. The van der Waals surface area contributed by atoms with Crippen LogP contribution in [0.2, 0.25) is 0 Å². The number of carboxylic acid groups (broad SMARTS) is 1. The normalized spacial score (nSPS) is 21.0. The standard InChI is InChI=1S/C34H36F3N3O5/c1-33(2)18-28-26(21-12-16-25(17-13-21)45-34(35,36)37)4-3-5-27(28)29(30(41)39-24-14-10-23(11-15-24)32(43)44)40(33)31(42)22-8-6-20(19-38)7-9-22/h3-5,10-17,20,22,29H,6-9,18-19,38H2,1-2H3,(H,39,41)(H,43,44). The lowest BCUT2D eigenvalue weighted by Gasteiger charge is -2.50. The Bertz CT molecular complexity index is 1560. The number of nitrogens with one attached hydrogen (secondary N) is 1. The molecule has 1 aliphatic carbocycles. The smallest absolute Gasteiger partial charge is 0.478 e. The van der Waals surface area contributed by atoms with Crippen LogP contribution in [0, 0.1) is 11.8 Å². The van der Waals surface area contributed by atoms with E-state index < -0.39 is 29.8 Å². The maximum absolute atomic E-state index is 14.3. The number of amides is 2. The molecule has 11 heteroatoms. The highest BCUT2D eigenvalue weighted by atomic mass is 19.4. The minimum atomic E-state index is -4.81. The molecule has 1 aliphatic heterocycles. The SMILES string of the molecule is CC1(C)Cc2c(-c3ccc(OC(F)(F)F)cc3)cccc2C(C(=O)Nc2ccc(C(=O)O)cc2)N1C(=O)C1CCC(CN)CC1. The van der Waals surface area contributed by atoms with Crippen LogP contribution in [-0.2, 0) is 16.0 Å². The van der Waals surface area contributed by atoms with Crippen LogP contribution in [0.25, 0.3) is 11.1 Å². The third kappa shape index (κ3) is 6.98. The Hall–Kier alpha value is -4.38. The van der Waals surface area contributed by atoms with Gasteiger partial charge in [-0.15, -0.1) is 13.2 Å². The van der Waals surface area contributed by atoms with Crippen molar-refractivity contribution < 1.29 is 37.4 Å². The third-order valence-electron chi connectivity index (χ3n) is 8.84. The van der Waals surface area contributed by atoms with Crippen molar-refractivity contribution in [2.45, 2.75) is 63.9 Å². The monoisotopic (exact) mass is 623 g/mol. The number of nitrogens with two attached hydrogens (primary N) is 1. The molecule has 0 spiro atoms. The van der Waals surface area contributed by atoms with Gasteiger partial charge in [0.1, 0.15) is 11.8 Å². The van der Waals surface area contributed by atoms with E-state index in [2.05, 4.69) is 10.1 Å². The Balaban J connectivity index is 1.55. The highest BCUT2D eigenvalue weighted by Gasteiger charge is 2.48. The van der Waals surface area contributed by atoms with Gasteiger partial charge in [-0.05, 0) is 117 Å². The van der Waals surface area contributed by atoms with E-state index >= 15 is 0 Å². The molecular weight excluding hydrogens is 587 g/mol. The summed E-state index contributed by atoms with van der Waals surface area (Å²) in [5.41, 5.74) is 8.32. The summed E-state index contributed by atoms with van der Waals surface area (Å²) < 4.78 is 42.3. The van der Waals surface area contributed by atoms with Gasteiger partial charge in [0.05, 0.1) is 5.56 Å². The van der Waals surface area contributed by atoms with Crippen LogP contribution in [0.15, 0.2) is 66.7 Å². The zero-order chi connectivity index (χ0) is 32.5. The zero-order valence-electron chi connectivity index (χ0n) is 25.1. The lowest BCUT2D eigenvalue weighted by Crippen LogP contribution is -2.58. The molecule has 3 aromatic carbocycles. The molecule has 2 amide bonds. The lowest BCUT2D eigenvalue weighted by atomic mass is 9.75. The Morgan fingerprint density at radius 3 is 2.20 bits per heavy atom. The van der Waals surface area contributed by atoms with Crippen LogP contribution in [-0.4, -0.2) is 46.2 Å². The van der Waals surface area contributed by atoms with Gasteiger partial charge in [0.15, 0.2) is 0 Å². The molecule has 2 aliphatic rings. The zero-order valence-corrected chi connectivity index (χ0v) is 25.1. The number of carbonyl (C=O) groups is 3. The fourth-order valence-corrected chi connectivity index (χ4v) is 6.60. The Morgan fingerprint density at radius 2 is 1.62 bits per heavy atom. The molecule has 1 heterocycles. The summed E-state index contributed by atoms with van der Waals surface area (Å²) in [7, 11) is 0. The van der Waals surface area contributed by atoms with E-state index in [1.54, 1.807) is 17.0 Å². The third-order valence-corrected chi connectivity index (χ3v) is 8.84. The number of hydrogen-bond donors (Lipinski definition) is 3. The summed E-state index contributed by atoms with van der Waals surface area (Å²) in [6.45, 7) is 4.40. The van der Waals surface area contributed by atoms with E-state index in [0.717, 1.165) is 24.0 Å². The van der Waals surface area contributed by atoms with Gasteiger partial charge in [-0.2, -0.15) is 0 Å². The predicted octanol–water partition coefficient (Wildman–Crippen LogP) is 6.56. The maximum Gasteiger partial charge on any atom is 0.573 e. The average molecular weight is 624 g/mol. The van der Waals surface area contributed by atoms with Crippen molar-refractivity contribution in [3.8, 4) is 16.9 Å².